The molecule has 0 saturated heterocycles. The van der Waals surface area contributed by atoms with Crippen LogP contribution in [-0.4, -0.2) is 30.0 Å². The van der Waals surface area contributed by atoms with Gasteiger partial charge in [0.15, 0.2) is 0 Å². The van der Waals surface area contributed by atoms with E-state index in [0.29, 0.717) is 12.1 Å². The lowest BCUT2D eigenvalue weighted by molar-refractivity contribution is 0.540. The highest BCUT2D eigenvalue weighted by Gasteiger charge is 2.18. The van der Waals surface area contributed by atoms with Gasteiger partial charge in [-0.1, -0.05) is 11.3 Å². The Kier molecular flexibility index (Phi) is 4.42. The number of hydrogen-bond donors (Lipinski definition) is 2. The zero-order chi connectivity index (χ0) is 14.6. The molecule has 7 nitrogen and oxygen atoms in total. The van der Waals surface area contributed by atoms with Gasteiger partial charge >= 0.3 is 0 Å². The maximum atomic E-state index is 13.7. The minimum absolute atomic E-state index is 0.0871. The summed E-state index contributed by atoms with van der Waals surface area (Å²) in [6.07, 6.45) is 3.09. The van der Waals surface area contributed by atoms with Gasteiger partial charge in [-0.2, -0.15) is 0 Å². The molecule has 0 fully saturated rings. The fourth-order valence-corrected chi connectivity index (χ4v) is 2.69. The van der Waals surface area contributed by atoms with Gasteiger partial charge in [0.1, 0.15) is 10.7 Å². The summed E-state index contributed by atoms with van der Waals surface area (Å²) in [5.41, 5.74) is 5.90. The predicted octanol–water partition coefficient (Wildman–Crippen LogP) is -0.146. The largest absolute Gasteiger partial charge is 0.326 e. The number of nitrogens with zero attached hydrogens (tertiary/aromatic N) is 3. The van der Waals surface area contributed by atoms with Crippen molar-refractivity contribution in [3.8, 4) is 0 Å². The van der Waals surface area contributed by atoms with Crippen molar-refractivity contribution < 1.29 is 12.8 Å². The van der Waals surface area contributed by atoms with Crippen molar-refractivity contribution in [2.24, 2.45) is 5.73 Å². The van der Waals surface area contributed by atoms with Gasteiger partial charge in [0.05, 0.1) is 12.7 Å². The zero-order valence-corrected chi connectivity index (χ0v) is 11.3. The molecule has 2 aromatic rings. The molecular weight excluding hydrogens is 285 g/mol. The number of rotatable bonds is 6. The third-order valence-electron chi connectivity index (χ3n) is 2.63. The van der Waals surface area contributed by atoms with Gasteiger partial charge < -0.3 is 5.73 Å². The average molecular weight is 299 g/mol. The number of benzene rings is 1. The van der Waals surface area contributed by atoms with Crippen LogP contribution in [0, 0.1) is 5.82 Å². The lowest BCUT2D eigenvalue weighted by Gasteiger charge is -2.08. The lowest BCUT2D eigenvalue weighted by Crippen LogP contribution is -2.28. The molecule has 2 rings (SSSR count). The van der Waals surface area contributed by atoms with Crippen molar-refractivity contribution in [3.05, 3.63) is 42.0 Å². The van der Waals surface area contributed by atoms with E-state index in [4.69, 9.17) is 5.73 Å². The minimum Gasteiger partial charge on any atom is -0.326 e. The van der Waals surface area contributed by atoms with Crippen LogP contribution >= 0.6 is 0 Å². The molecule has 0 spiro atoms. The molecular formula is C11H14FN5O2S. The molecule has 0 aliphatic heterocycles. The van der Waals surface area contributed by atoms with E-state index < -0.39 is 20.7 Å². The first-order valence-corrected chi connectivity index (χ1v) is 7.33. The van der Waals surface area contributed by atoms with Crippen LogP contribution in [0.1, 0.15) is 5.56 Å². The van der Waals surface area contributed by atoms with Crippen LogP contribution in [0.25, 0.3) is 0 Å². The number of aromatic nitrogens is 3. The Morgan fingerprint density at radius 3 is 2.80 bits per heavy atom. The van der Waals surface area contributed by atoms with E-state index in [9.17, 15) is 12.8 Å². The van der Waals surface area contributed by atoms with E-state index >= 15 is 0 Å². The topological polar surface area (TPSA) is 103 Å². The predicted molar refractivity (Wildman–Crippen MR) is 69.5 cm³/mol. The number of nitrogens with two attached hydrogens (primary N) is 1. The summed E-state index contributed by atoms with van der Waals surface area (Å²) in [6, 6.07) is 3.80. The highest BCUT2D eigenvalue weighted by molar-refractivity contribution is 7.89. The van der Waals surface area contributed by atoms with Crippen molar-refractivity contribution in [3.63, 3.8) is 0 Å². The van der Waals surface area contributed by atoms with E-state index in [2.05, 4.69) is 15.0 Å². The van der Waals surface area contributed by atoms with Crippen LogP contribution in [0.4, 0.5) is 4.39 Å². The van der Waals surface area contributed by atoms with Gasteiger partial charge in [-0.05, 0) is 17.7 Å². The second-order valence-electron chi connectivity index (χ2n) is 4.03. The van der Waals surface area contributed by atoms with Gasteiger partial charge in [0, 0.05) is 19.3 Å². The quantitative estimate of drug-likeness (QED) is 0.772. The molecule has 0 atom stereocenters. The molecule has 0 bridgehead atoms. The van der Waals surface area contributed by atoms with E-state index in [-0.39, 0.29) is 13.1 Å². The van der Waals surface area contributed by atoms with Crippen LogP contribution in [0.15, 0.2) is 35.5 Å². The molecule has 0 aliphatic rings. The Balaban J connectivity index is 2.06. The second-order valence-corrected chi connectivity index (χ2v) is 5.77. The molecule has 20 heavy (non-hydrogen) atoms. The normalized spacial score (nSPS) is 11.7. The smallest absolute Gasteiger partial charge is 0.243 e. The molecule has 9 heteroatoms. The number of hydrogen-bond acceptors (Lipinski definition) is 5. The van der Waals surface area contributed by atoms with Gasteiger partial charge in [-0.25, -0.2) is 17.5 Å². The first kappa shape index (κ1) is 14.6. The molecule has 0 radical (unpaired) electrons. The fourth-order valence-electron chi connectivity index (χ4n) is 1.61. The Morgan fingerprint density at radius 2 is 2.20 bits per heavy atom. The summed E-state index contributed by atoms with van der Waals surface area (Å²) in [6.45, 7) is 0.544. The number of nitrogens with one attached hydrogen (secondary N) is 1. The highest BCUT2D eigenvalue weighted by Crippen LogP contribution is 2.15. The minimum atomic E-state index is -3.90. The first-order valence-electron chi connectivity index (χ1n) is 5.85. The standard InChI is InChI=1S/C11H14FN5O2S/c12-10-7-9(8-13)1-2-11(10)20(18,19)15-4-6-17-5-3-14-16-17/h1-3,5,7,15H,4,6,8,13H2. The summed E-state index contributed by atoms with van der Waals surface area (Å²) in [7, 11) is -3.90. The fraction of sp³-hybridized carbons (Fsp3) is 0.273. The van der Waals surface area contributed by atoms with Crippen molar-refractivity contribution in [2.75, 3.05) is 6.54 Å². The zero-order valence-electron chi connectivity index (χ0n) is 10.5. The molecule has 0 aliphatic carbocycles. The van der Waals surface area contributed by atoms with Gasteiger partial charge in [0.2, 0.25) is 10.0 Å². The third kappa shape index (κ3) is 3.38. The van der Waals surface area contributed by atoms with Gasteiger partial charge in [-0.3, -0.25) is 4.68 Å². The van der Waals surface area contributed by atoms with Gasteiger partial charge in [-0.15, -0.1) is 5.10 Å². The van der Waals surface area contributed by atoms with Crippen molar-refractivity contribution in [2.45, 2.75) is 18.0 Å². The lowest BCUT2D eigenvalue weighted by atomic mass is 10.2. The van der Waals surface area contributed by atoms with Crippen molar-refractivity contribution in [1.29, 1.82) is 0 Å². The van der Waals surface area contributed by atoms with Crippen molar-refractivity contribution in [1.82, 2.24) is 19.7 Å². The maximum absolute atomic E-state index is 13.7. The van der Waals surface area contributed by atoms with Crippen LogP contribution in [0.2, 0.25) is 0 Å². The Bertz CT molecular complexity index is 672. The number of halogens is 1. The molecule has 0 unspecified atom stereocenters. The van der Waals surface area contributed by atoms with E-state index in [1.54, 1.807) is 6.20 Å². The monoisotopic (exact) mass is 299 g/mol. The summed E-state index contributed by atoms with van der Waals surface area (Å²) in [5.74, 6) is -0.818. The molecule has 0 saturated carbocycles. The summed E-state index contributed by atoms with van der Waals surface area (Å²) < 4.78 is 41.4. The summed E-state index contributed by atoms with van der Waals surface area (Å²) in [5, 5.41) is 7.29. The average Bonchev–Trinajstić information content (AvgIpc) is 2.91. The van der Waals surface area contributed by atoms with Gasteiger partial charge in [0.25, 0.3) is 0 Å². The Labute approximate surface area is 115 Å². The number of sulfonamides is 1. The first-order chi connectivity index (χ1) is 9.53. The maximum Gasteiger partial charge on any atom is 0.243 e. The summed E-state index contributed by atoms with van der Waals surface area (Å²) >= 11 is 0. The molecule has 1 heterocycles. The molecule has 0 amide bonds. The third-order valence-corrected chi connectivity index (χ3v) is 4.12. The van der Waals surface area contributed by atoms with Crippen LogP contribution in [0.5, 0.6) is 0 Å². The van der Waals surface area contributed by atoms with E-state index in [1.807, 2.05) is 0 Å². The SMILES string of the molecule is NCc1ccc(S(=O)(=O)NCCn2ccnn2)c(F)c1. The van der Waals surface area contributed by atoms with Crippen molar-refractivity contribution >= 4 is 10.0 Å². The molecule has 3 N–H and O–H groups in total. The van der Waals surface area contributed by atoms with Crippen LogP contribution in [-0.2, 0) is 23.1 Å². The second kappa shape index (κ2) is 6.07. The molecule has 1 aromatic heterocycles. The van der Waals surface area contributed by atoms with E-state index in [0.717, 1.165) is 6.07 Å². The Morgan fingerprint density at radius 1 is 1.40 bits per heavy atom. The molecule has 108 valence electrons. The highest BCUT2D eigenvalue weighted by atomic mass is 32.2. The summed E-state index contributed by atoms with van der Waals surface area (Å²) in [4.78, 5) is -0.395. The molecule has 1 aromatic carbocycles. The van der Waals surface area contributed by atoms with Crippen LogP contribution < -0.4 is 10.5 Å². The van der Waals surface area contributed by atoms with Crippen LogP contribution in [0.3, 0.4) is 0 Å². The Hall–Kier alpha value is -1.84. The van der Waals surface area contributed by atoms with E-state index in [1.165, 1.54) is 23.0 Å².